The Morgan fingerprint density at radius 2 is 1.35 bits per heavy atom. The lowest BCUT2D eigenvalue weighted by molar-refractivity contribution is 0.0682. The van der Waals surface area contributed by atoms with E-state index in [1.165, 1.54) is 0 Å². The summed E-state index contributed by atoms with van der Waals surface area (Å²) in [5.41, 5.74) is 0.295. The van der Waals surface area contributed by atoms with E-state index in [9.17, 15) is 0 Å². The summed E-state index contributed by atoms with van der Waals surface area (Å²) in [5, 5.41) is 0. The fourth-order valence-electron chi connectivity index (χ4n) is 1.53. The van der Waals surface area contributed by atoms with Gasteiger partial charge in [0.05, 0.1) is 0 Å². The van der Waals surface area contributed by atoms with Crippen LogP contribution < -0.4 is 0 Å². The van der Waals surface area contributed by atoms with Crippen molar-refractivity contribution in [1.29, 1.82) is 0 Å². The molecule has 1 atom stereocenters. The molecule has 0 aliphatic carbocycles. The zero-order chi connectivity index (χ0) is 16.2. The molecule has 8 heteroatoms. The maximum atomic E-state index is 8.96. The van der Waals surface area contributed by atoms with Gasteiger partial charge in [-0.25, -0.2) is 4.21 Å². The van der Waals surface area contributed by atoms with Crippen molar-refractivity contribution in [3.05, 3.63) is 0 Å². The first-order valence-corrected chi connectivity index (χ1v) is 11.0. The average molecular weight is 347 g/mol. The van der Waals surface area contributed by atoms with Gasteiger partial charge in [-0.15, -0.1) is 0 Å². The van der Waals surface area contributed by atoms with Gasteiger partial charge in [-0.2, -0.15) is 0 Å². The molecule has 0 fully saturated rings. The summed E-state index contributed by atoms with van der Waals surface area (Å²) >= 11 is 3.69. The van der Waals surface area contributed by atoms with Crippen LogP contribution >= 0.6 is 0 Å². The highest BCUT2D eigenvalue weighted by atomic mass is 32.8. The van der Waals surface area contributed by atoms with Crippen LogP contribution in [0, 0.1) is 5.41 Å². The molecule has 124 valence electrons. The van der Waals surface area contributed by atoms with E-state index in [1.807, 2.05) is 20.8 Å². The normalized spacial score (nSPS) is 13.6. The van der Waals surface area contributed by atoms with Crippen molar-refractivity contribution >= 4 is 29.6 Å². The van der Waals surface area contributed by atoms with Crippen LogP contribution in [0.15, 0.2) is 0 Å². The molecule has 0 aromatic rings. The lowest BCUT2D eigenvalue weighted by Gasteiger charge is -2.31. The molecule has 0 aromatic heterocycles. The number of hydrogen-bond donors (Lipinski definition) is 2. The van der Waals surface area contributed by atoms with Crippen LogP contribution in [0.5, 0.6) is 0 Å². The molecule has 0 aromatic carbocycles. The Morgan fingerprint density at radius 3 is 1.55 bits per heavy atom. The van der Waals surface area contributed by atoms with Crippen molar-refractivity contribution in [1.82, 2.24) is 0 Å². The standard InChI is InChI=1S/C12H28O3Si.H2O2S2/c1-7-13-16(14-8-2,15-9-3)11-10-12(4,5)6;1-4(2)3/h7-11H2,1-6H3;4H,(H,1,2,3). The van der Waals surface area contributed by atoms with E-state index in [0.717, 1.165) is 12.5 Å². The Hall–Kier alpha value is 0.427. The maximum Gasteiger partial charge on any atom is 0.500 e. The molecule has 1 unspecified atom stereocenters. The molecular weight excluding hydrogens is 316 g/mol. The van der Waals surface area contributed by atoms with Gasteiger partial charge in [0.2, 0.25) is 0 Å². The van der Waals surface area contributed by atoms with Gasteiger partial charge >= 0.3 is 8.80 Å². The zero-order valence-corrected chi connectivity index (χ0v) is 16.2. The lowest BCUT2D eigenvalue weighted by atomic mass is 9.94. The first-order chi connectivity index (χ1) is 9.12. The van der Waals surface area contributed by atoms with Gasteiger partial charge in [-0.05, 0) is 32.6 Å². The van der Waals surface area contributed by atoms with E-state index in [4.69, 9.17) is 22.0 Å². The van der Waals surface area contributed by atoms with Crippen LogP contribution in [0.25, 0.3) is 0 Å². The second-order valence-corrected chi connectivity index (χ2v) is 9.43. The number of rotatable bonds is 8. The van der Waals surface area contributed by atoms with Crippen molar-refractivity contribution < 1.29 is 22.0 Å². The third kappa shape index (κ3) is 14.8. The molecule has 0 aliphatic rings. The van der Waals surface area contributed by atoms with Gasteiger partial charge < -0.3 is 17.8 Å². The second-order valence-electron chi connectivity index (χ2n) is 5.28. The number of hydrogen-bond acceptors (Lipinski definition) is 5. The Bertz CT molecular complexity index is 278. The summed E-state index contributed by atoms with van der Waals surface area (Å²) < 4.78 is 33.7. The molecule has 0 heterocycles. The summed E-state index contributed by atoms with van der Waals surface area (Å²) in [7, 11) is -4.69. The van der Waals surface area contributed by atoms with Gasteiger partial charge in [-0.1, -0.05) is 20.8 Å². The van der Waals surface area contributed by atoms with Crippen LogP contribution in [0.2, 0.25) is 6.04 Å². The molecule has 0 spiro atoms. The van der Waals surface area contributed by atoms with Crippen molar-refractivity contribution in [2.24, 2.45) is 5.41 Å². The SMILES string of the molecule is CCO[Si](CCC(C)(C)C)(OCC)OCC.O=[SH](O)=S. The fraction of sp³-hybridized carbons (Fsp3) is 1.00. The summed E-state index contributed by atoms with van der Waals surface area (Å²) in [6, 6.07) is 0.909. The molecule has 0 amide bonds. The molecule has 0 saturated carbocycles. The number of thiol groups is 1. The molecule has 1 N–H and O–H groups in total. The maximum absolute atomic E-state index is 8.96. The van der Waals surface area contributed by atoms with E-state index in [2.05, 4.69) is 32.0 Å². The van der Waals surface area contributed by atoms with Crippen molar-refractivity contribution in [3.63, 3.8) is 0 Å². The molecule has 0 bridgehead atoms. The smallest absolute Gasteiger partial charge is 0.374 e. The molecule has 0 aliphatic heterocycles. The van der Waals surface area contributed by atoms with E-state index >= 15 is 0 Å². The highest BCUT2D eigenvalue weighted by Gasteiger charge is 2.40. The predicted molar refractivity (Wildman–Crippen MR) is 89.0 cm³/mol. The van der Waals surface area contributed by atoms with E-state index in [-0.39, 0.29) is 0 Å². The second kappa shape index (κ2) is 12.0. The average Bonchev–Trinajstić information content (AvgIpc) is 2.26. The van der Waals surface area contributed by atoms with E-state index < -0.39 is 18.4 Å². The van der Waals surface area contributed by atoms with Crippen molar-refractivity contribution in [2.75, 3.05) is 19.8 Å². The Balaban J connectivity index is 0. The molecule has 20 heavy (non-hydrogen) atoms. The van der Waals surface area contributed by atoms with Crippen LogP contribution in [0.1, 0.15) is 48.0 Å². The van der Waals surface area contributed by atoms with Gasteiger partial charge in [0.25, 0.3) is 0 Å². The summed E-state index contributed by atoms with van der Waals surface area (Å²) in [4.78, 5) is 0. The van der Waals surface area contributed by atoms with E-state index in [1.54, 1.807) is 0 Å². The minimum absolute atomic E-state index is 0.295. The molecule has 0 saturated heterocycles. The Kier molecular flexibility index (Phi) is 13.6. The fourth-order valence-corrected chi connectivity index (χ4v) is 4.59. The Morgan fingerprint density at radius 1 is 1.05 bits per heavy atom. The highest BCUT2D eigenvalue weighted by Crippen LogP contribution is 2.27. The summed E-state index contributed by atoms with van der Waals surface area (Å²) in [5.74, 6) is 0. The first-order valence-electron chi connectivity index (χ1n) is 6.87. The molecule has 0 radical (unpaired) electrons. The third-order valence-corrected chi connectivity index (χ3v) is 5.32. The molecule has 5 nitrogen and oxygen atoms in total. The van der Waals surface area contributed by atoms with Crippen LogP contribution in [0.4, 0.5) is 0 Å². The largest absolute Gasteiger partial charge is 0.500 e. The minimum atomic E-state index is -2.41. The van der Waals surface area contributed by atoms with Gasteiger partial charge in [-0.3, -0.25) is 0 Å². The quantitative estimate of drug-likeness (QED) is 0.520. The van der Waals surface area contributed by atoms with Crippen LogP contribution in [0.3, 0.4) is 0 Å². The zero-order valence-electron chi connectivity index (χ0n) is 13.5. The topological polar surface area (TPSA) is 65.0 Å². The third-order valence-electron chi connectivity index (χ3n) is 2.27. The van der Waals surface area contributed by atoms with Gasteiger partial charge in [0, 0.05) is 37.1 Å². The Labute approximate surface area is 131 Å². The van der Waals surface area contributed by atoms with Crippen molar-refractivity contribution in [3.8, 4) is 0 Å². The highest BCUT2D eigenvalue weighted by molar-refractivity contribution is 8.18. The monoisotopic (exact) mass is 346 g/mol. The molecular formula is C12H30O5S2Si. The van der Waals surface area contributed by atoms with Crippen LogP contribution in [-0.2, 0) is 34.1 Å². The van der Waals surface area contributed by atoms with Gasteiger partial charge in [0.1, 0.15) is 9.64 Å². The summed E-state index contributed by atoms with van der Waals surface area (Å²) in [6.07, 6.45) is 1.07. The lowest BCUT2D eigenvalue weighted by Crippen LogP contribution is -2.46. The predicted octanol–water partition coefficient (Wildman–Crippen LogP) is 2.87. The van der Waals surface area contributed by atoms with Crippen LogP contribution in [-0.4, -0.2) is 37.4 Å². The molecule has 0 rings (SSSR count). The summed E-state index contributed by atoms with van der Waals surface area (Å²) in [6.45, 7) is 14.7. The minimum Gasteiger partial charge on any atom is -0.374 e. The first kappa shape index (κ1) is 22.7. The van der Waals surface area contributed by atoms with E-state index in [0.29, 0.717) is 25.2 Å². The van der Waals surface area contributed by atoms with Gasteiger partial charge in [0.15, 0.2) is 0 Å². The van der Waals surface area contributed by atoms with Crippen molar-refractivity contribution in [2.45, 2.75) is 54.0 Å².